The van der Waals surface area contributed by atoms with Gasteiger partial charge in [0.2, 0.25) is 0 Å². The van der Waals surface area contributed by atoms with Gasteiger partial charge in [0, 0.05) is 48.5 Å². The molecule has 0 aliphatic carbocycles. The maximum atomic E-state index is 6.44. The number of pyridine rings is 2. The first kappa shape index (κ1) is 20.0. The van der Waals surface area contributed by atoms with Crippen LogP contribution in [0.1, 0.15) is 23.2 Å². The third kappa shape index (κ3) is 4.19. The van der Waals surface area contributed by atoms with Gasteiger partial charge in [-0.3, -0.25) is 4.98 Å². The average Bonchev–Trinajstić information content (AvgIpc) is 3.28. The molecule has 4 aromatic rings. The lowest BCUT2D eigenvalue weighted by Gasteiger charge is -2.15. The molecule has 4 rings (SSSR count). The van der Waals surface area contributed by atoms with Crippen molar-refractivity contribution < 1.29 is 4.74 Å². The van der Waals surface area contributed by atoms with Gasteiger partial charge >= 0.3 is 0 Å². The van der Waals surface area contributed by atoms with Gasteiger partial charge in [-0.2, -0.15) is 0 Å². The number of rotatable bonds is 7. The highest BCUT2D eigenvalue weighted by molar-refractivity contribution is 6.31. The summed E-state index contributed by atoms with van der Waals surface area (Å²) in [5.74, 6) is 0.714. The number of nitrogens with zero attached hydrogens (tertiary/aromatic N) is 5. The Hall–Kier alpha value is -3.25. The molecule has 1 aromatic carbocycles. The second kappa shape index (κ2) is 9.05. The van der Waals surface area contributed by atoms with E-state index in [4.69, 9.17) is 21.3 Å². The van der Waals surface area contributed by atoms with E-state index >= 15 is 0 Å². The molecule has 0 aliphatic heterocycles. The quantitative estimate of drug-likeness (QED) is 0.396. The van der Waals surface area contributed by atoms with Crippen molar-refractivity contribution in [3.63, 3.8) is 0 Å². The minimum absolute atomic E-state index is 0.342. The Morgan fingerprint density at radius 2 is 2.13 bits per heavy atom. The van der Waals surface area contributed by atoms with Crippen LogP contribution in [0.2, 0.25) is 5.02 Å². The van der Waals surface area contributed by atoms with Gasteiger partial charge in [0.05, 0.1) is 17.0 Å². The Kier molecular flexibility index (Phi) is 6.05. The molecule has 0 spiro atoms. The van der Waals surface area contributed by atoms with Crippen LogP contribution in [0, 0.1) is 6.92 Å². The van der Waals surface area contributed by atoms with Crippen molar-refractivity contribution in [1.82, 2.24) is 19.5 Å². The molecule has 0 saturated carbocycles. The largest absolute Gasteiger partial charge is 0.487 e. The fraction of sp³-hybridized carbons (Fsp3) is 0.217. The highest BCUT2D eigenvalue weighted by Crippen LogP contribution is 2.30. The second-order valence-electron chi connectivity index (χ2n) is 6.93. The van der Waals surface area contributed by atoms with Gasteiger partial charge in [0.1, 0.15) is 17.9 Å². The number of halogens is 1. The van der Waals surface area contributed by atoms with Crippen LogP contribution in [0.15, 0.2) is 60.4 Å². The standard InChI is InChI=1S/C23H22ClN5O/c1-16-11-21(29-10-9-26-15-29)18-6-3-7-22(23(18)28-16)30-14-19-17(5-4-8-25-2)12-27-13-20(19)24/h3,6-13,15H,4-5,14H2,1-2H3. The molecule has 0 unspecified atom stereocenters. The minimum atomic E-state index is 0.342. The number of hydrogen-bond acceptors (Lipinski definition) is 5. The molecular formula is C23H22ClN5O. The molecule has 0 radical (unpaired) electrons. The van der Waals surface area contributed by atoms with Gasteiger partial charge in [0.25, 0.3) is 0 Å². The van der Waals surface area contributed by atoms with Crippen LogP contribution in [-0.4, -0.2) is 32.8 Å². The molecule has 3 heterocycles. The summed E-state index contributed by atoms with van der Waals surface area (Å²) in [6.07, 6.45) is 12.5. The van der Waals surface area contributed by atoms with Crippen LogP contribution in [-0.2, 0) is 13.0 Å². The highest BCUT2D eigenvalue weighted by atomic mass is 35.5. The van der Waals surface area contributed by atoms with E-state index in [0.717, 1.165) is 46.3 Å². The number of hydrogen-bond donors (Lipinski definition) is 0. The van der Waals surface area contributed by atoms with Gasteiger partial charge in [-0.05, 0) is 43.7 Å². The van der Waals surface area contributed by atoms with Crippen molar-refractivity contribution >= 4 is 28.7 Å². The Bertz CT molecular complexity index is 1190. The lowest BCUT2D eigenvalue weighted by molar-refractivity contribution is 0.308. The molecule has 0 bridgehead atoms. The third-order valence-electron chi connectivity index (χ3n) is 4.88. The molecule has 0 N–H and O–H groups in total. The monoisotopic (exact) mass is 419 g/mol. The third-order valence-corrected chi connectivity index (χ3v) is 5.21. The van der Waals surface area contributed by atoms with Crippen LogP contribution < -0.4 is 4.74 Å². The van der Waals surface area contributed by atoms with Crippen molar-refractivity contribution in [3.8, 4) is 11.4 Å². The van der Waals surface area contributed by atoms with Crippen LogP contribution in [0.3, 0.4) is 0 Å². The van der Waals surface area contributed by atoms with Crippen molar-refractivity contribution in [2.24, 2.45) is 4.99 Å². The van der Waals surface area contributed by atoms with E-state index in [1.807, 2.05) is 54.4 Å². The van der Waals surface area contributed by atoms with Crippen LogP contribution in [0.25, 0.3) is 16.6 Å². The first-order valence-electron chi connectivity index (χ1n) is 9.70. The minimum Gasteiger partial charge on any atom is -0.487 e. The number of aryl methyl sites for hydroxylation is 2. The van der Waals surface area contributed by atoms with E-state index in [2.05, 4.69) is 15.0 Å². The van der Waals surface area contributed by atoms with E-state index in [1.165, 1.54) is 0 Å². The normalized spacial score (nSPS) is 11.4. The Balaban J connectivity index is 1.68. The molecule has 30 heavy (non-hydrogen) atoms. The fourth-order valence-corrected chi connectivity index (χ4v) is 3.67. The number of aliphatic imine (C=N–C) groups is 1. The highest BCUT2D eigenvalue weighted by Gasteiger charge is 2.13. The number of para-hydroxylation sites is 1. The molecule has 3 aromatic heterocycles. The van der Waals surface area contributed by atoms with Gasteiger partial charge in [0.15, 0.2) is 0 Å². The predicted molar refractivity (Wildman–Crippen MR) is 120 cm³/mol. The van der Waals surface area contributed by atoms with Crippen molar-refractivity contribution in [2.45, 2.75) is 26.4 Å². The topological polar surface area (TPSA) is 65.2 Å². The molecule has 6 nitrogen and oxygen atoms in total. The molecule has 152 valence electrons. The van der Waals surface area contributed by atoms with E-state index in [-0.39, 0.29) is 0 Å². The first-order valence-corrected chi connectivity index (χ1v) is 10.1. The molecule has 0 saturated heterocycles. The lowest BCUT2D eigenvalue weighted by Crippen LogP contribution is -2.04. The summed E-state index contributed by atoms with van der Waals surface area (Å²) in [5.41, 5.74) is 4.73. The summed E-state index contributed by atoms with van der Waals surface area (Å²) in [5, 5.41) is 1.60. The lowest BCUT2D eigenvalue weighted by atomic mass is 10.1. The first-order chi connectivity index (χ1) is 14.7. The SMILES string of the molecule is CN=CCCc1cncc(Cl)c1COc1cccc2c(-n3ccnc3)cc(C)nc12. The summed E-state index contributed by atoms with van der Waals surface area (Å²) in [4.78, 5) is 17.2. The Labute approximate surface area is 180 Å². The number of benzene rings is 1. The van der Waals surface area contributed by atoms with E-state index in [9.17, 15) is 0 Å². The predicted octanol–water partition coefficient (Wildman–Crippen LogP) is 4.99. The van der Waals surface area contributed by atoms with Crippen molar-refractivity contribution in [2.75, 3.05) is 7.05 Å². The zero-order valence-corrected chi connectivity index (χ0v) is 17.7. The number of imidazole rings is 1. The zero-order chi connectivity index (χ0) is 20.9. The van der Waals surface area contributed by atoms with Gasteiger partial charge < -0.3 is 14.3 Å². The zero-order valence-electron chi connectivity index (χ0n) is 16.9. The number of ether oxygens (including phenoxy) is 1. The van der Waals surface area contributed by atoms with Crippen molar-refractivity contribution in [1.29, 1.82) is 0 Å². The van der Waals surface area contributed by atoms with Gasteiger partial charge in [-0.15, -0.1) is 0 Å². The van der Waals surface area contributed by atoms with Crippen LogP contribution in [0.4, 0.5) is 0 Å². The van der Waals surface area contributed by atoms with E-state index in [0.29, 0.717) is 17.4 Å². The molecule has 0 atom stereocenters. The van der Waals surface area contributed by atoms with Crippen molar-refractivity contribution in [3.05, 3.63) is 77.2 Å². The van der Waals surface area contributed by atoms with Gasteiger partial charge in [-0.25, -0.2) is 9.97 Å². The molecule has 7 heteroatoms. The second-order valence-corrected chi connectivity index (χ2v) is 7.34. The summed E-state index contributed by atoms with van der Waals surface area (Å²) < 4.78 is 8.21. The molecular weight excluding hydrogens is 398 g/mol. The summed E-state index contributed by atoms with van der Waals surface area (Å²) in [6, 6.07) is 7.99. The summed E-state index contributed by atoms with van der Waals surface area (Å²) in [7, 11) is 1.77. The van der Waals surface area contributed by atoms with Crippen LogP contribution in [0.5, 0.6) is 5.75 Å². The van der Waals surface area contributed by atoms with E-state index in [1.54, 1.807) is 25.8 Å². The summed E-state index contributed by atoms with van der Waals surface area (Å²) in [6.45, 7) is 2.32. The fourth-order valence-electron chi connectivity index (χ4n) is 3.44. The maximum absolute atomic E-state index is 6.44. The maximum Gasteiger partial charge on any atom is 0.146 e. The Morgan fingerprint density at radius 3 is 2.93 bits per heavy atom. The Morgan fingerprint density at radius 1 is 1.23 bits per heavy atom. The average molecular weight is 420 g/mol. The van der Waals surface area contributed by atoms with Crippen LogP contribution >= 0.6 is 11.6 Å². The molecule has 0 aliphatic rings. The summed E-state index contributed by atoms with van der Waals surface area (Å²) >= 11 is 6.44. The molecule has 0 amide bonds. The van der Waals surface area contributed by atoms with Gasteiger partial charge in [-0.1, -0.05) is 23.7 Å². The smallest absolute Gasteiger partial charge is 0.146 e. The van der Waals surface area contributed by atoms with E-state index < -0.39 is 0 Å². The molecule has 0 fully saturated rings. The number of aromatic nitrogens is 4. The number of fused-ring (bicyclic) bond motifs is 1.